The van der Waals surface area contributed by atoms with Crippen molar-refractivity contribution in [3.8, 4) is 0 Å². The van der Waals surface area contributed by atoms with Crippen LogP contribution in [0, 0.1) is 0 Å². The van der Waals surface area contributed by atoms with Gasteiger partial charge in [0, 0.05) is 12.8 Å². The molecule has 0 aliphatic rings. The van der Waals surface area contributed by atoms with Crippen molar-refractivity contribution in [3.63, 3.8) is 0 Å². The number of hydrogen-bond donors (Lipinski definition) is 2. The summed E-state index contributed by atoms with van der Waals surface area (Å²) < 4.78 is 30.7. The fraction of sp³-hybridized carbons (Fsp3) is 0.937. The van der Waals surface area contributed by atoms with Crippen molar-refractivity contribution >= 4 is 19.7 Å². The predicted octanol–water partition coefficient (Wildman–Crippen LogP) is 19.6. The average molecular weight is 1050 g/mol. The number of allylic oxidation sites excluding steroid dienone is 1. The van der Waals surface area contributed by atoms with E-state index in [9.17, 15) is 19.0 Å². The molecule has 10 heteroatoms. The number of carbonyl (C=O) groups is 2. The Hall–Kier alpha value is -1.25. The first-order chi connectivity index (χ1) is 35.4. The maximum Gasteiger partial charge on any atom is 0.472 e. The van der Waals surface area contributed by atoms with Crippen LogP contribution in [0.5, 0.6) is 0 Å². The molecule has 1 amide bonds. The lowest BCUT2D eigenvalue weighted by Crippen LogP contribution is -2.47. The molecular weight excluding hydrogens is 928 g/mol. The SMILES string of the molecule is CCCCCCCCCCCCC/C=C\C(OC(=O)CCCCCCCCCCCCCCCCCCCCCCCCC)C(COP(=O)(O)OCC[N+](C)(C)C)NC(=O)CCCCCCCCCCCCC. The van der Waals surface area contributed by atoms with E-state index in [1.807, 2.05) is 33.3 Å². The van der Waals surface area contributed by atoms with E-state index in [0.717, 1.165) is 57.8 Å². The van der Waals surface area contributed by atoms with Gasteiger partial charge in [-0.25, -0.2) is 4.57 Å². The van der Waals surface area contributed by atoms with Gasteiger partial charge in [-0.2, -0.15) is 0 Å². The maximum atomic E-state index is 13.5. The van der Waals surface area contributed by atoms with Gasteiger partial charge in [0.1, 0.15) is 19.3 Å². The number of hydrogen-bond acceptors (Lipinski definition) is 6. The van der Waals surface area contributed by atoms with Crippen LogP contribution in [0.4, 0.5) is 0 Å². The van der Waals surface area contributed by atoms with Gasteiger partial charge in [0.05, 0.1) is 33.8 Å². The van der Waals surface area contributed by atoms with Crippen LogP contribution in [-0.4, -0.2) is 74.3 Å². The van der Waals surface area contributed by atoms with E-state index in [4.69, 9.17) is 13.8 Å². The van der Waals surface area contributed by atoms with E-state index in [2.05, 4.69) is 26.1 Å². The standard InChI is InChI=1S/C63H125N2O7P/c1-7-10-13-16-19-22-25-27-28-29-30-31-32-33-34-35-36-38-41-44-47-50-53-56-63(67)72-61(54-51-48-45-42-40-37-26-23-20-17-14-11-8-2)60(59-71-73(68,69)70-58-57-65(4,5)6)64-62(66)55-52-49-46-43-39-24-21-18-15-12-9-3/h51,54,60-61H,7-50,52-53,55-59H2,1-6H3,(H-,64,66,68,69)/p+1/b54-51-. The Bertz CT molecular complexity index is 1260. The summed E-state index contributed by atoms with van der Waals surface area (Å²) in [4.78, 5) is 37.6. The molecule has 0 fully saturated rings. The number of phosphoric acid groups is 1. The molecule has 0 aromatic carbocycles. The molecule has 0 radical (unpaired) electrons. The molecule has 0 aromatic heterocycles. The summed E-state index contributed by atoms with van der Waals surface area (Å²) in [6, 6.07) is -0.838. The van der Waals surface area contributed by atoms with Crippen LogP contribution in [0.15, 0.2) is 12.2 Å². The predicted molar refractivity (Wildman–Crippen MR) is 314 cm³/mol. The van der Waals surface area contributed by atoms with E-state index >= 15 is 0 Å². The fourth-order valence-electron chi connectivity index (χ4n) is 9.77. The first-order valence-electron chi connectivity index (χ1n) is 32.0. The summed E-state index contributed by atoms with van der Waals surface area (Å²) in [6.45, 7) is 7.06. The number of nitrogens with zero attached hydrogens (tertiary/aromatic N) is 1. The number of phosphoric ester groups is 1. The zero-order chi connectivity index (χ0) is 53.6. The van der Waals surface area contributed by atoms with Crippen molar-refractivity contribution < 1.29 is 37.3 Å². The molecule has 0 saturated heterocycles. The monoisotopic (exact) mass is 1050 g/mol. The van der Waals surface area contributed by atoms with E-state index < -0.39 is 20.0 Å². The van der Waals surface area contributed by atoms with Crippen LogP contribution in [0.25, 0.3) is 0 Å². The highest BCUT2D eigenvalue weighted by molar-refractivity contribution is 7.47. The number of carbonyl (C=O) groups excluding carboxylic acids is 2. The van der Waals surface area contributed by atoms with Crippen molar-refractivity contribution in [2.75, 3.05) is 40.9 Å². The van der Waals surface area contributed by atoms with Gasteiger partial charge in [0.2, 0.25) is 5.91 Å². The minimum atomic E-state index is -4.44. The molecule has 0 aliphatic heterocycles. The molecule has 3 atom stereocenters. The average Bonchev–Trinajstić information content (AvgIpc) is 3.35. The Morgan fingerprint density at radius 2 is 0.781 bits per heavy atom. The highest BCUT2D eigenvalue weighted by Crippen LogP contribution is 2.43. The third-order valence-corrected chi connectivity index (χ3v) is 15.7. The van der Waals surface area contributed by atoms with E-state index in [1.54, 1.807) is 0 Å². The summed E-state index contributed by atoms with van der Waals surface area (Å²) in [7, 11) is 1.52. The Morgan fingerprint density at radius 1 is 0.466 bits per heavy atom. The number of quaternary nitrogens is 1. The third kappa shape index (κ3) is 55.3. The zero-order valence-electron chi connectivity index (χ0n) is 49.7. The summed E-state index contributed by atoms with van der Waals surface area (Å²) in [5, 5.41) is 3.06. The lowest BCUT2D eigenvalue weighted by Gasteiger charge is -2.27. The number of esters is 1. The molecular formula is C63H126N2O7P+. The zero-order valence-corrected chi connectivity index (χ0v) is 50.6. The highest BCUT2D eigenvalue weighted by atomic mass is 31.2. The topological polar surface area (TPSA) is 111 Å². The number of nitrogens with one attached hydrogen (secondary N) is 1. The van der Waals surface area contributed by atoms with Crippen molar-refractivity contribution in [2.45, 2.75) is 341 Å². The first kappa shape index (κ1) is 71.8. The van der Waals surface area contributed by atoms with Gasteiger partial charge < -0.3 is 19.4 Å². The van der Waals surface area contributed by atoms with Crippen LogP contribution in [0.3, 0.4) is 0 Å². The van der Waals surface area contributed by atoms with Gasteiger partial charge in [0.25, 0.3) is 0 Å². The van der Waals surface area contributed by atoms with Crippen LogP contribution in [-0.2, 0) is 27.9 Å². The Labute approximate surface area is 454 Å². The Balaban J connectivity index is 5.07. The van der Waals surface area contributed by atoms with Crippen LogP contribution >= 0.6 is 7.82 Å². The molecule has 0 aromatic rings. The van der Waals surface area contributed by atoms with Crippen LogP contribution in [0.1, 0.15) is 329 Å². The summed E-state index contributed by atoms with van der Waals surface area (Å²) in [5.74, 6) is -0.485. The van der Waals surface area contributed by atoms with Crippen molar-refractivity contribution in [3.05, 3.63) is 12.2 Å². The van der Waals surface area contributed by atoms with Gasteiger partial charge in [-0.1, -0.05) is 297 Å². The molecule has 3 unspecified atom stereocenters. The van der Waals surface area contributed by atoms with Gasteiger partial charge in [-0.3, -0.25) is 18.6 Å². The van der Waals surface area contributed by atoms with Gasteiger partial charge >= 0.3 is 13.8 Å². The van der Waals surface area contributed by atoms with Crippen molar-refractivity contribution in [1.29, 1.82) is 0 Å². The van der Waals surface area contributed by atoms with Gasteiger partial charge in [-0.15, -0.1) is 0 Å². The van der Waals surface area contributed by atoms with Crippen molar-refractivity contribution in [1.82, 2.24) is 5.32 Å². The quantitative estimate of drug-likeness (QED) is 0.0205. The number of unbranched alkanes of at least 4 members (excludes halogenated alkanes) is 43. The first-order valence-corrected chi connectivity index (χ1v) is 33.5. The van der Waals surface area contributed by atoms with E-state index in [-0.39, 0.29) is 25.1 Å². The summed E-state index contributed by atoms with van der Waals surface area (Å²) >= 11 is 0. The largest absolute Gasteiger partial charge is 0.472 e. The molecule has 434 valence electrons. The second-order valence-corrected chi connectivity index (χ2v) is 24.8. The second-order valence-electron chi connectivity index (χ2n) is 23.3. The van der Waals surface area contributed by atoms with Crippen LogP contribution in [0.2, 0.25) is 0 Å². The summed E-state index contributed by atoms with van der Waals surface area (Å²) in [5.41, 5.74) is 0. The molecule has 0 rings (SSSR count). The number of rotatable bonds is 59. The Kier molecular flexibility index (Phi) is 53.2. The molecule has 0 heterocycles. The maximum absolute atomic E-state index is 13.5. The van der Waals surface area contributed by atoms with Crippen molar-refractivity contribution in [2.24, 2.45) is 0 Å². The lowest BCUT2D eigenvalue weighted by molar-refractivity contribution is -0.870. The molecule has 9 nitrogen and oxygen atoms in total. The third-order valence-electron chi connectivity index (χ3n) is 14.7. The van der Waals surface area contributed by atoms with E-state index in [0.29, 0.717) is 23.9 Å². The fourth-order valence-corrected chi connectivity index (χ4v) is 10.5. The normalized spacial score (nSPS) is 13.7. The number of likely N-dealkylation sites (N-methyl/N-ethyl adjacent to an activating group) is 1. The molecule has 2 N–H and O–H groups in total. The van der Waals surface area contributed by atoms with Gasteiger partial charge in [0.15, 0.2) is 0 Å². The second kappa shape index (κ2) is 54.1. The molecule has 73 heavy (non-hydrogen) atoms. The minimum absolute atomic E-state index is 0.0456. The smallest absolute Gasteiger partial charge is 0.456 e. The molecule has 0 saturated carbocycles. The minimum Gasteiger partial charge on any atom is -0.456 e. The molecule has 0 bridgehead atoms. The molecule has 0 aliphatic carbocycles. The highest BCUT2D eigenvalue weighted by Gasteiger charge is 2.30. The van der Waals surface area contributed by atoms with E-state index in [1.165, 1.54) is 238 Å². The van der Waals surface area contributed by atoms with Crippen LogP contribution < -0.4 is 5.32 Å². The molecule has 0 spiro atoms. The summed E-state index contributed by atoms with van der Waals surface area (Å²) in [6.07, 6.45) is 62.2. The Morgan fingerprint density at radius 3 is 1.12 bits per heavy atom. The van der Waals surface area contributed by atoms with Gasteiger partial charge in [-0.05, 0) is 31.8 Å². The lowest BCUT2D eigenvalue weighted by atomic mass is 10.0. The number of amides is 1. The number of ether oxygens (including phenoxy) is 1.